The Morgan fingerprint density at radius 2 is 1.18 bits per heavy atom. The second-order valence-corrected chi connectivity index (χ2v) is 8.06. The summed E-state index contributed by atoms with van der Waals surface area (Å²) >= 11 is 2.41. The Hall–Kier alpha value is -2.46. The van der Waals surface area contributed by atoms with Crippen LogP contribution in [0, 0.1) is 10.4 Å². The summed E-state index contributed by atoms with van der Waals surface area (Å²) in [4.78, 5) is 28.1. The minimum absolute atomic E-state index is 0.0491. The summed E-state index contributed by atoms with van der Waals surface area (Å²) in [5, 5.41) is 24.2. The van der Waals surface area contributed by atoms with Crippen LogP contribution in [0.25, 0.3) is 0 Å². The smallest absolute Gasteiger partial charge is 0.251 e. The number of hydrogen-bond donors (Lipinski definition) is 0. The molecule has 0 unspecified atom stereocenters. The van der Waals surface area contributed by atoms with Gasteiger partial charge >= 0.3 is 0 Å². The van der Waals surface area contributed by atoms with Crippen LogP contribution in [-0.4, -0.2) is 59.3 Å². The molecule has 2 aromatic rings. The maximum Gasteiger partial charge on any atom is 0.251 e. The fraction of sp³-hybridized carbons (Fsp3) is 0.333. The molecule has 0 aromatic carbocycles. The van der Waals surface area contributed by atoms with E-state index in [0.29, 0.717) is 36.2 Å². The number of pyridine rings is 2. The maximum atomic E-state index is 12.4. The van der Waals surface area contributed by atoms with Crippen molar-refractivity contribution >= 4 is 35.3 Å². The molecule has 8 nitrogen and oxygen atoms in total. The van der Waals surface area contributed by atoms with Gasteiger partial charge in [0.15, 0.2) is 12.4 Å². The van der Waals surface area contributed by atoms with Crippen LogP contribution in [0.1, 0.15) is 0 Å². The molecule has 0 N–H and O–H groups in total. The second-order valence-electron chi connectivity index (χ2n) is 6.07. The molecule has 0 radical (unpaired) electrons. The minimum atomic E-state index is -0.0491. The van der Waals surface area contributed by atoms with Crippen molar-refractivity contribution in [1.29, 1.82) is 0 Å². The highest BCUT2D eigenvalue weighted by Crippen LogP contribution is 2.16. The fourth-order valence-electron chi connectivity index (χ4n) is 2.71. The van der Waals surface area contributed by atoms with E-state index in [0.717, 1.165) is 9.46 Å². The van der Waals surface area contributed by atoms with Gasteiger partial charge in [0.05, 0.1) is 11.5 Å². The number of piperazine rings is 1. The van der Waals surface area contributed by atoms with E-state index in [1.165, 1.54) is 35.9 Å². The van der Waals surface area contributed by atoms with E-state index in [1.54, 1.807) is 46.2 Å². The standard InChI is InChI=1S/C18H20N4O4S2/c23-15(13-27-17-5-1-3-7-21(17)25)19-9-11-20(12-10-19)16(24)14-28-18-6-2-4-8-22(18)26/h1-8H,9-14H2. The van der Waals surface area contributed by atoms with E-state index in [1.807, 2.05) is 0 Å². The molecular formula is C18H20N4O4S2. The lowest BCUT2D eigenvalue weighted by Crippen LogP contribution is -2.51. The Balaban J connectivity index is 1.42. The molecule has 0 saturated carbocycles. The zero-order valence-electron chi connectivity index (χ0n) is 15.1. The summed E-state index contributed by atoms with van der Waals surface area (Å²) in [6.45, 7) is 1.87. The van der Waals surface area contributed by atoms with Gasteiger partial charge in [-0.15, -0.1) is 0 Å². The quantitative estimate of drug-likeness (QED) is 0.384. The maximum absolute atomic E-state index is 12.4. The third kappa shape index (κ3) is 5.29. The van der Waals surface area contributed by atoms with Crippen molar-refractivity contribution in [2.24, 2.45) is 0 Å². The van der Waals surface area contributed by atoms with Gasteiger partial charge in [-0.25, -0.2) is 0 Å². The van der Waals surface area contributed by atoms with Crippen LogP contribution < -0.4 is 9.46 Å². The van der Waals surface area contributed by atoms with E-state index in [9.17, 15) is 20.0 Å². The molecule has 1 aliphatic heterocycles. The van der Waals surface area contributed by atoms with Crippen molar-refractivity contribution in [2.45, 2.75) is 10.1 Å². The molecule has 3 heterocycles. The van der Waals surface area contributed by atoms with Crippen molar-refractivity contribution in [1.82, 2.24) is 9.80 Å². The van der Waals surface area contributed by atoms with Gasteiger partial charge < -0.3 is 20.2 Å². The molecule has 2 amide bonds. The Kier molecular flexibility index (Phi) is 6.99. The van der Waals surface area contributed by atoms with Crippen LogP contribution in [0.5, 0.6) is 0 Å². The molecule has 148 valence electrons. The third-order valence-electron chi connectivity index (χ3n) is 4.25. The molecule has 1 fully saturated rings. The lowest BCUT2D eigenvalue weighted by molar-refractivity contribution is -0.645. The zero-order valence-corrected chi connectivity index (χ0v) is 16.7. The Morgan fingerprint density at radius 1 is 0.786 bits per heavy atom. The number of amides is 2. The topological polar surface area (TPSA) is 94.5 Å². The molecule has 28 heavy (non-hydrogen) atoms. The van der Waals surface area contributed by atoms with E-state index in [-0.39, 0.29) is 23.3 Å². The van der Waals surface area contributed by atoms with Crippen molar-refractivity contribution in [3.63, 3.8) is 0 Å². The molecule has 1 saturated heterocycles. The zero-order chi connectivity index (χ0) is 19.9. The predicted octanol–water partition coefficient (Wildman–Crippen LogP) is 0.509. The number of hydrogen-bond acceptors (Lipinski definition) is 6. The lowest BCUT2D eigenvalue weighted by Gasteiger charge is -2.34. The first-order valence-corrected chi connectivity index (χ1v) is 10.7. The van der Waals surface area contributed by atoms with Gasteiger partial charge in [0.1, 0.15) is 0 Å². The normalized spacial score (nSPS) is 14.1. The molecular weight excluding hydrogens is 400 g/mol. The van der Waals surface area contributed by atoms with Gasteiger partial charge in [-0.3, -0.25) is 9.59 Å². The monoisotopic (exact) mass is 420 g/mol. The fourth-order valence-corrected chi connectivity index (χ4v) is 4.34. The van der Waals surface area contributed by atoms with Crippen LogP contribution in [-0.2, 0) is 9.59 Å². The Labute approximate surface area is 171 Å². The van der Waals surface area contributed by atoms with Crippen LogP contribution >= 0.6 is 23.5 Å². The van der Waals surface area contributed by atoms with Gasteiger partial charge in [-0.1, -0.05) is 0 Å². The predicted molar refractivity (Wildman–Crippen MR) is 105 cm³/mol. The van der Waals surface area contributed by atoms with E-state index >= 15 is 0 Å². The molecule has 0 spiro atoms. The van der Waals surface area contributed by atoms with E-state index in [2.05, 4.69) is 0 Å². The number of thioether (sulfide) groups is 2. The average Bonchev–Trinajstić information content (AvgIpc) is 2.72. The lowest BCUT2D eigenvalue weighted by atomic mass is 10.3. The first kappa shape index (κ1) is 20.3. The first-order valence-electron chi connectivity index (χ1n) is 8.72. The number of carbonyl (C=O) groups is 2. The summed E-state index contributed by atoms with van der Waals surface area (Å²) in [6, 6.07) is 10.2. The number of rotatable bonds is 6. The number of nitrogens with zero attached hydrogens (tertiary/aromatic N) is 4. The van der Waals surface area contributed by atoms with Gasteiger partial charge in [-0.2, -0.15) is 9.46 Å². The Morgan fingerprint density at radius 3 is 1.54 bits per heavy atom. The highest BCUT2D eigenvalue weighted by molar-refractivity contribution is 8.00. The van der Waals surface area contributed by atoms with Crippen LogP contribution in [0.15, 0.2) is 58.8 Å². The third-order valence-corrected chi connectivity index (χ3v) is 6.26. The number of carbonyl (C=O) groups excluding carboxylic acids is 2. The van der Waals surface area contributed by atoms with E-state index in [4.69, 9.17) is 0 Å². The van der Waals surface area contributed by atoms with Gasteiger partial charge in [0.25, 0.3) is 10.1 Å². The summed E-state index contributed by atoms with van der Waals surface area (Å²) in [5.74, 6) is 0.278. The van der Waals surface area contributed by atoms with Crippen molar-refractivity contribution in [2.75, 3.05) is 37.7 Å². The first-order chi connectivity index (χ1) is 13.5. The highest BCUT2D eigenvalue weighted by Gasteiger charge is 2.25. The molecule has 0 atom stereocenters. The van der Waals surface area contributed by atoms with Crippen LogP contribution in [0.4, 0.5) is 0 Å². The molecule has 2 aromatic heterocycles. The van der Waals surface area contributed by atoms with Crippen LogP contribution in [0.2, 0.25) is 0 Å². The largest absolute Gasteiger partial charge is 0.618 e. The van der Waals surface area contributed by atoms with Crippen molar-refractivity contribution in [3.05, 3.63) is 59.2 Å². The van der Waals surface area contributed by atoms with Crippen LogP contribution in [0.3, 0.4) is 0 Å². The summed E-state index contributed by atoms with van der Waals surface area (Å²) < 4.78 is 1.48. The van der Waals surface area contributed by atoms with Gasteiger partial charge in [0, 0.05) is 50.4 Å². The van der Waals surface area contributed by atoms with Gasteiger partial charge in [0.2, 0.25) is 11.8 Å². The highest BCUT2D eigenvalue weighted by atomic mass is 32.2. The molecule has 1 aliphatic rings. The molecule has 3 rings (SSSR count). The van der Waals surface area contributed by atoms with E-state index < -0.39 is 0 Å². The summed E-state index contributed by atoms with van der Waals surface area (Å²) in [5.41, 5.74) is 0. The Bertz CT molecular complexity index is 774. The summed E-state index contributed by atoms with van der Waals surface area (Å²) in [7, 11) is 0. The molecule has 0 bridgehead atoms. The summed E-state index contributed by atoms with van der Waals surface area (Å²) in [6.07, 6.45) is 2.80. The van der Waals surface area contributed by atoms with Crippen molar-refractivity contribution in [3.8, 4) is 0 Å². The van der Waals surface area contributed by atoms with Crippen molar-refractivity contribution < 1.29 is 19.0 Å². The van der Waals surface area contributed by atoms with Gasteiger partial charge in [-0.05, 0) is 35.7 Å². The molecule has 10 heteroatoms. The average molecular weight is 421 g/mol. The molecule has 0 aliphatic carbocycles. The number of aromatic nitrogens is 2. The SMILES string of the molecule is O=C(CSc1cccc[n+]1[O-])N1CCN(C(=O)CSc2cccc[n+]2[O-])CC1. The second kappa shape index (κ2) is 9.65. The minimum Gasteiger partial charge on any atom is -0.618 e.